The molecule has 2 amide bonds. The van der Waals surface area contributed by atoms with Crippen molar-refractivity contribution in [3.63, 3.8) is 0 Å². The molecule has 0 spiro atoms. The van der Waals surface area contributed by atoms with Crippen molar-refractivity contribution >= 4 is 45.2 Å². The molecule has 0 fully saturated rings. The third-order valence-corrected chi connectivity index (χ3v) is 5.17. The van der Waals surface area contributed by atoms with Crippen molar-refractivity contribution in [3.8, 4) is 0 Å². The highest BCUT2D eigenvalue weighted by Crippen LogP contribution is 2.33. The van der Waals surface area contributed by atoms with Gasteiger partial charge in [0.15, 0.2) is 0 Å². The number of imidazole rings is 1. The standard InChI is InChI=1S/C18H18N4O4S/c1-3-26-18(25)14-10(2)15(16(19)24)27-17(14)21-13(23)8-22-9-20-11-6-4-5-7-12(11)22/h4-7,9H,3,8H2,1-2H3,(H2,19,24)(H,21,23). The van der Waals surface area contributed by atoms with Gasteiger partial charge in [-0.3, -0.25) is 9.59 Å². The zero-order valence-electron chi connectivity index (χ0n) is 14.8. The van der Waals surface area contributed by atoms with Gasteiger partial charge in [0.05, 0.1) is 34.4 Å². The minimum Gasteiger partial charge on any atom is -0.462 e. The van der Waals surface area contributed by atoms with Gasteiger partial charge >= 0.3 is 5.97 Å². The molecule has 8 nitrogen and oxygen atoms in total. The summed E-state index contributed by atoms with van der Waals surface area (Å²) >= 11 is 0.961. The van der Waals surface area contributed by atoms with E-state index in [0.29, 0.717) is 5.56 Å². The van der Waals surface area contributed by atoms with Crippen molar-refractivity contribution in [3.05, 3.63) is 46.6 Å². The Morgan fingerprint density at radius 2 is 2.04 bits per heavy atom. The highest BCUT2D eigenvalue weighted by atomic mass is 32.1. The number of carbonyl (C=O) groups is 3. The zero-order chi connectivity index (χ0) is 19.6. The van der Waals surface area contributed by atoms with Crippen LogP contribution in [0, 0.1) is 6.92 Å². The van der Waals surface area contributed by atoms with Crippen LogP contribution in [0.25, 0.3) is 11.0 Å². The Morgan fingerprint density at radius 1 is 1.30 bits per heavy atom. The molecule has 0 saturated heterocycles. The second-order valence-corrected chi connectivity index (χ2v) is 6.78. The summed E-state index contributed by atoms with van der Waals surface area (Å²) in [6, 6.07) is 7.44. The average Bonchev–Trinajstić information content (AvgIpc) is 3.16. The quantitative estimate of drug-likeness (QED) is 0.631. The molecule has 1 aromatic carbocycles. The van der Waals surface area contributed by atoms with Crippen LogP contribution in [-0.4, -0.2) is 33.9 Å². The second kappa shape index (κ2) is 7.58. The fourth-order valence-electron chi connectivity index (χ4n) is 2.74. The third-order valence-electron chi connectivity index (χ3n) is 3.94. The van der Waals surface area contributed by atoms with Gasteiger partial charge in [0, 0.05) is 0 Å². The van der Waals surface area contributed by atoms with E-state index in [2.05, 4.69) is 10.3 Å². The number of anilines is 1. The SMILES string of the molecule is CCOC(=O)c1c(NC(=O)Cn2cnc3ccccc32)sc(C(N)=O)c1C. The van der Waals surface area contributed by atoms with Crippen LogP contribution in [-0.2, 0) is 16.1 Å². The van der Waals surface area contributed by atoms with Gasteiger partial charge in [0.25, 0.3) is 5.91 Å². The van der Waals surface area contributed by atoms with E-state index in [1.807, 2.05) is 24.3 Å². The summed E-state index contributed by atoms with van der Waals surface area (Å²) in [5, 5.41) is 2.94. The maximum absolute atomic E-state index is 12.5. The molecule has 2 heterocycles. The Kier molecular flexibility index (Phi) is 5.22. The fraction of sp³-hybridized carbons (Fsp3) is 0.222. The van der Waals surface area contributed by atoms with Gasteiger partial charge in [-0.25, -0.2) is 9.78 Å². The predicted octanol–water partition coefficient (Wildman–Crippen LogP) is 2.32. The number of fused-ring (bicyclic) bond motifs is 1. The van der Waals surface area contributed by atoms with Gasteiger partial charge in [0.1, 0.15) is 11.5 Å². The van der Waals surface area contributed by atoms with Crippen LogP contribution in [0.4, 0.5) is 5.00 Å². The number of carbonyl (C=O) groups excluding carboxylic acids is 3. The third kappa shape index (κ3) is 3.68. The molecule has 2 aromatic heterocycles. The maximum Gasteiger partial charge on any atom is 0.341 e. The van der Waals surface area contributed by atoms with E-state index in [0.717, 1.165) is 22.4 Å². The van der Waals surface area contributed by atoms with Crippen LogP contribution in [0.3, 0.4) is 0 Å². The molecule has 27 heavy (non-hydrogen) atoms. The lowest BCUT2D eigenvalue weighted by atomic mass is 10.1. The summed E-state index contributed by atoms with van der Waals surface area (Å²) in [6.45, 7) is 3.46. The summed E-state index contributed by atoms with van der Waals surface area (Å²) in [7, 11) is 0. The van der Waals surface area contributed by atoms with E-state index in [1.54, 1.807) is 24.7 Å². The Hall–Kier alpha value is -3.20. The van der Waals surface area contributed by atoms with E-state index in [4.69, 9.17) is 10.5 Å². The van der Waals surface area contributed by atoms with E-state index in [1.165, 1.54) is 0 Å². The first kappa shape index (κ1) is 18.6. The second-order valence-electron chi connectivity index (χ2n) is 5.75. The number of ether oxygens (including phenoxy) is 1. The number of nitrogens with two attached hydrogens (primary N) is 1. The topological polar surface area (TPSA) is 116 Å². The number of rotatable bonds is 6. The number of benzene rings is 1. The molecule has 9 heteroatoms. The van der Waals surface area contributed by atoms with Gasteiger partial charge in [-0.05, 0) is 31.5 Å². The molecule has 0 atom stereocenters. The maximum atomic E-state index is 12.5. The van der Waals surface area contributed by atoms with Crippen molar-refractivity contribution in [1.29, 1.82) is 0 Å². The Labute approximate surface area is 158 Å². The van der Waals surface area contributed by atoms with Crippen molar-refractivity contribution < 1.29 is 19.1 Å². The summed E-state index contributed by atoms with van der Waals surface area (Å²) in [5.41, 5.74) is 7.51. The number of amides is 2. The monoisotopic (exact) mass is 386 g/mol. The number of nitrogens with one attached hydrogen (secondary N) is 1. The number of hydrogen-bond donors (Lipinski definition) is 2. The van der Waals surface area contributed by atoms with Crippen LogP contribution in [0.2, 0.25) is 0 Å². The van der Waals surface area contributed by atoms with E-state index in [-0.39, 0.29) is 34.5 Å². The molecule has 3 aromatic rings. The lowest BCUT2D eigenvalue weighted by Gasteiger charge is -2.08. The normalized spacial score (nSPS) is 10.7. The molecule has 3 rings (SSSR count). The first-order valence-corrected chi connectivity index (χ1v) is 9.04. The molecule has 3 N–H and O–H groups in total. The molecular formula is C18H18N4O4S. The first-order chi connectivity index (χ1) is 12.9. The highest BCUT2D eigenvalue weighted by Gasteiger charge is 2.25. The first-order valence-electron chi connectivity index (χ1n) is 8.22. The Bertz CT molecular complexity index is 1040. The molecule has 0 radical (unpaired) electrons. The molecule has 0 aliphatic heterocycles. The van der Waals surface area contributed by atoms with E-state index in [9.17, 15) is 14.4 Å². The lowest BCUT2D eigenvalue weighted by Crippen LogP contribution is -2.19. The van der Waals surface area contributed by atoms with Crippen molar-refractivity contribution in [2.75, 3.05) is 11.9 Å². The number of thiophene rings is 1. The van der Waals surface area contributed by atoms with Crippen LogP contribution >= 0.6 is 11.3 Å². The molecule has 0 saturated carbocycles. The summed E-state index contributed by atoms with van der Waals surface area (Å²) in [5.74, 6) is -1.63. The van der Waals surface area contributed by atoms with Crippen LogP contribution in [0.15, 0.2) is 30.6 Å². The number of nitrogens with zero attached hydrogens (tertiary/aromatic N) is 2. The minimum atomic E-state index is -0.663. The molecule has 0 aliphatic carbocycles. The van der Waals surface area contributed by atoms with Crippen molar-refractivity contribution in [2.45, 2.75) is 20.4 Å². The van der Waals surface area contributed by atoms with Crippen LogP contribution in [0.1, 0.15) is 32.5 Å². The van der Waals surface area contributed by atoms with Gasteiger partial charge in [0.2, 0.25) is 5.91 Å². The van der Waals surface area contributed by atoms with Gasteiger partial charge in [-0.2, -0.15) is 0 Å². The summed E-state index contributed by atoms with van der Waals surface area (Å²) in [4.78, 5) is 40.8. The van der Waals surface area contributed by atoms with Gasteiger partial charge < -0.3 is 20.4 Å². The number of hydrogen-bond acceptors (Lipinski definition) is 6. The Balaban J connectivity index is 1.87. The predicted molar refractivity (Wildman–Crippen MR) is 102 cm³/mol. The van der Waals surface area contributed by atoms with E-state index >= 15 is 0 Å². The molecule has 0 unspecified atom stereocenters. The summed E-state index contributed by atoms with van der Waals surface area (Å²) in [6.07, 6.45) is 1.57. The average molecular weight is 386 g/mol. The van der Waals surface area contributed by atoms with Crippen LogP contribution < -0.4 is 11.1 Å². The van der Waals surface area contributed by atoms with Crippen molar-refractivity contribution in [1.82, 2.24) is 9.55 Å². The summed E-state index contributed by atoms with van der Waals surface area (Å²) < 4.78 is 6.74. The smallest absolute Gasteiger partial charge is 0.341 e. The van der Waals surface area contributed by atoms with E-state index < -0.39 is 11.9 Å². The largest absolute Gasteiger partial charge is 0.462 e. The highest BCUT2D eigenvalue weighted by molar-refractivity contribution is 7.18. The van der Waals surface area contributed by atoms with Gasteiger partial charge in [-0.15, -0.1) is 11.3 Å². The van der Waals surface area contributed by atoms with Crippen molar-refractivity contribution in [2.24, 2.45) is 5.73 Å². The fourth-order valence-corrected chi connectivity index (χ4v) is 3.81. The van der Waals surface area contributed by atoms with Gasteiger partial charge in [-0.1, -0.05) is 12.1 Å². The number of esters is 1. The van der Waals surface area contributed by atoms with Crippen LogP contribution in [0.5, 0.6) is 0 Å². The molecule has 0 aliphatic rings. The number of primary amides is 1. The molecular weight excluding hydrogens is 368 g/mol. The number of para-hydroxylation sites is 2. The molecule has 0 bridgehead atoms. The lowest BCUT2D eigenvalue weighted by molar-refractivity contribution is -0.116. The minimum absolute atomic E-state index is 0.00559. The zero-order valence-corrected chi connectivity index (χ0v) is 15.6. The Morgan fingerprint density at radius 3 is 2.74 bits per heavy atom. The number of aromatic nitrogens is 2. The molecule has 140 valence electrons.